The molecule has 0 aliphatic rings. The second-order valence-corrected chi connectivity index (χ2v) is 4.52. The van der Waals surface area contributed by atoms with Crippen molar-refractivity contribution in [1.29, 1.82) is 0 Å². The van der Waals surface area contributed by atoms with Crippen LogP contribution in [0, 0.1) is 16.3 Å². The predicted molar refractivity (Wildman–Crippen MR) is 66.3 cm³/mol. The number of aromatic carboxylic acids is 1. The summed E-state index contributed by atoms with van der Waals surface area (Å²) in [4.78, 5) is 14.7. The Kier molecular flexibility index (Phi) is 3.14. The van der Waals surface area contributed by atoms with Crippen LogP contribution >= 0.6 is 22.6 Å². The van der Waals surface area contributed by atoms with Crippen molar-refractivity contribution in [3.63, 3.8) is 0 Å². The Bertz CT molecular complexity index is 594. The fourth-order valence-electron chi connectivity index (χ4n) is 1.37. The summed E-state index contributed by atoms with van der Waals surface area (Å²) in [5.41, 5.74) is 0.447. The molecule has 2 aromatic rings. The van der Waals surface area contributed by atoms with Crippen molar-refractivity contribution in [2.75, 3.05) is 0 Å². The summed E-state index contributed by atoms with van der Waals surface area (Å²) in [6.45, 7) is 1.52. The highest BCUT2D eigenvalue weighted by Crippen LogP contribution is 2.27. The minimum absolute atomic E-state index is 0.125. The number of carboxylic acids is 1. The summed E-state index contributed by atoms with van der Waals surface area (Å²) in [6.07, 6.45) is 0. The SMILES string of the molecule is Cc1oc(-c2ccc(F)cc2I)nc1C(=O)O. The van der Waals surface area contributed by atoms with Gasteiger partial charge in [0.1, 0.15) is 11.6 Å². The molecule has 0 aliphatic heterocycles. The third kappa shape index (κ3) is 2.31. The van der Waals surface area contributed by atoms with Crippen LogP contribution in [0.1, 0.15) is 16.2 Å². The molecule has 4 nitrogen and oxygen atoms in total. The molecular weight excluding hydrogens is 340 g/mol. The maximum absolute atomic E-state index is 12.9. The molecule has 2 rings (SSSR count). The molecule has 1 aromatic carbocycles. The molecule has 0 saturated carbocycles. The van der Waals surface area contributed by atoms with E-state index >= 15 is 0 Å². The first-order valence-corrected chi connectivity index (χ1v) is 5.73. The molecule has 0 atom stereocenters. The van der Waals surface area contributed by atoms with Gasteiger partial charge in [0.2, 0.25) is 5.89 Å². The van der Waals surface area contributed by atoms with Crippen LogP contribution in [0.2, 0.25) is 0 Å². The Hall–Kier alpha value is -1.44. The highest BCUT2D eigenvalue weighted by atomic mass is 127. The minimum Gasteiger partial charge on any atom is -0.476 e. The number of rotatable bonds is 2. The largest absolute Gasteiger partial charge is 0.476 e. The number of hydrogen-bond acceptors (Lipinski definition) is 3. The number of aromatic nitrogens is 1. The summed E-state index contributed by atoms with van der Waals surface area (Å²) in [5, 5.41) is 8.85. The van der Waals surface area contributed by atoms with Gasteiger partial charge in [0.25, 0.3) is 0 Å². The van der Waals surface area contributed by atoms with Gasteiger partial charge in [0.05, 0.1) is 5.56 Å². The molecule has 0 radical (unpaired) electrons. The predicted octanol–water partition coefficient (Wildman–Crippen LogP) is 3.09. The van der Waals surface area contributed by atoms with Crippen molar-refractivity contribution in [3.8, 4) is 11.5 Å². The Balaban J connectivity index is 2.53. The van der Waals surface area contributed by atoms with E-state index in [1.165, 1.54) is 25.1 Å². The summed E-state index contributed by atoms with van der Waals surface area (Å²) in [5.74, 6) is -1.09. The molecule has 88 valence electrons. The first kappa shape index (κ1) is 12.0. The molecule has 0 aliphatic carbocycles. The third-order valence-electron chi connectivity index (χ3n) is 2.16. The standard InChI is InChI=1S/C11H7FINO3/c1-5-9(11(15)16)14-10(17-5)7-3-2-6(12)4-8(7)13/h2-4H,1H3,(H,15,16). The third-order valence-corrected chi connectivity index (χ3v) is 3.05. The number of benzene rings is 1. The first-order chi connectivity index (χ1) is 7.99. The van der Waals surface area contributed by atoms with Gasteiger partial charge in [-0.05, 0) is 47.7 Å². The van der Waals surface area contributed by atoms with Gasteiger partial charge in [-0.15, -0.1) is 0 Å². The van der Waals surface area contributed by atoms with Gasteiger partial charge < -0.3 is 9.52 Å². The summed E-state index contributed by atoms with van der Waals surface area (Å²) in [6, 6.07) is 4.11. The molecule has 0 amide bonds. The summed E-state index contributed by atoms with van der Waals surface area (Å²) >= 11 is 1.94. The molecular formula is C11H7FINO3. The normalized spacial score (nSPS) is 10.5. The molecule has 1 N–H and O–H groups in total. The Morgan fingerprint density at radius 3 is 2.76 bits per heavy atom. The lowest BCUT2D eigenvalue weighted by atomic mass is 10.2. The number of carbonyl (C=O) groups is 1. The monoisotopic (exact) mass is 347 g/mol. The molecule has 0 unspecified atom stereocenters. The van der Waals surface area contributed by atoms with Crippen LogP contribution in [0.15, 0.2) is 22.6 Å². The Morgan fingerprint density at radius 1 is 1.53 bits per heavy atom. The molecule has 1 heterocycles. The van der Waals surface area contributed by atoms with Crippen LogP contribution in [0.3, 0.4) is 0 Å². The lowest BCUT2D eigenvalue weighted by Gasteiger charge is -1.98. The van der Waals surface area contributed by atoms with Gasteiger partial charge in [0.15, 0.2) is 5.69 Å². The van der Waals surface area contributed by atoms with Gasteiger partial charge in [0, 0.05) is 3.57 Å². The molecule has 1 aromatic heterocycles. The van der Waals surface area contributed by atoms with Crippen LogP contribution in [0.25, 0.3) is 11.5 Å². The van der Waals surface area contributed by atoms with Crippen LogP contribution in [0.4, 0.5) is 4.39 Å². The number of carboxylic acid groups (broad SMARTS) is 1. The lowest BCUT2D eigenvalue weighted by molar-refractivity contribution is 0.0689. The zero-order valence-electron chi connectivity index (χ0n) is 8.70. The summed E-state index contributed by atoms with van der Waals surface area (Å²) in [7, 11) is 0. The van der Waals surface area contributed by atoms with E-state index in [4.69, 9.17) is 9.52 Å². The quantitative estimate of drug-likeness (QED) is 0.848. The minimum atomic E-state index is -1.14. The van der Waals surface area contributed by atoms with Gasteiger partial charge in [-0.25, -0.2) is 14.2 Å². The topological polar surface area (TPSA) is 63.3 Å². The van der Waals surface area contributed by atoms with E-state index in [-0.39, 0.29) is 23.2 Å². The van der Waals surface area contributed by atoms with Crippen LogP contribution in [-0.2, 0) is 0 Å². The Labute approximate surface area is 110 Å². The number of halogens is 2. The zero-order chi connectivity index (χ0) is 12.6. The van der Waals surface area contributed by atoms with E-state index in [1.54, 1.807) is 0 Å². The average Bonchev–Trinajstić information content (AvgIpc) is 2.60. The van der Waals surface area contributed by atoms with Crippen molar-refractivity contribution >= 4 is 28.6 Å². The van der Waals surface area contributed by atoms with Gasteiger partial charge in [-0.1, -0.05) is 0 Å². The molecule has 0 bridgehead atoms. The maximum atomic E-state index is 12.9. The van der Waals surface area contributed by atoms with E-state index in [0.29, 0.717) is 9.13 Å². The van der Waals surface area contributed by atoms with Crippen molar-refractivity contribution in [3.05, 3.63) is 39.0 Å². The van der Waals surface area contributed by atoms with E-state index in [9.17, 15) is 9.18 Å². The fourth-order valence-corrected chi connectivity index (χ4v) is 2.08. The van der Waals surface area contributed by atoms with Gasteiger partial charge in [-0.3, -0.25) is 0 Å². The lowest BCUT2D eigenvalue weighted by Crippen LogP contribution is -1.98. The van der Waals surface area contributed by atoms with E-state index in [2.05, 4.69) is 4.98 Å². The molecule has 0 saturated heterocycles. The smallest absolute Gasteiger partial charge is 0.358 e. The van der Waals surface area contributed by atoms with E-state index in [0.717, 1.165) is 0 Å². The Morgan fingerprint density at radius 2 is 2.24 bits per heavy atom. The molecule has 17 heavy (non-hydrogen) atoms. The number of nitrogens with zero attached hydrogens (tertiary/aromatic N) is 1. The van der Waals surface area contributed by atoms with Crippen molar-refractivity contribution in [1.82, 2.24) is 4.98 Å². The van der Waals surface area contributed by atoms with E-state index in [1.807, 2.05) is 22.6 Å². The zero-order valence-corrected chi connectivity index (χ0v) is 10.9. The average molecular weight is 347 g/mol. The first-order valence-electron chi connectivity index (χ1n) is 4.65. The second-order valence-electron chi connectivity index (χ2n) is 3.35. The van der Waals surface area contributed by atoms with Crippen LogP contribution in [0.5, 0.6) is 0 Å². The van der Waals surface area contributed by atoms with Gasteiger partial charge in [-0.2, -0.15) is 0 Å². The summed E-state index contributed by atoms with van der Waals surface area (Å²) < 4.78 is 18.8. The van der Waals surface area contributed by atoms with Crippen molar-refractivity contribution in [2.45, 2.75) is 6.92 Å². The molecule has 6 heteroatoms. The van der Waals surface area contributed by atoms with Crippen molar-refractivity contribution < 1.29 is 18.7 Å². The molecule has 0 spiro atoms. The highest BCUT2D eigenvalue weighted by molar-refractivity contribution is 14.1. The van der Waals surface area contributed by atoms with Crippen LogP contribution in [-0.4, -0.2) is 16.1 Å². The highest BCUT2D eigenvalue weighted by Gasteiger charge is 2.18. The molecule has 0 fully saturated rings. The van der Waals surface area contributed by atoms with Crippen LogP contribution < -0.4 is 0 Å². The number of hydrogen-bond donors (Lipinski definition) is 1. The van der Waals surface area contributed by atoms with Crippen molar-refractivity contribution in [2.24, 2.45) is 0 Å². The van der Waals surface area contributed by atoms with E-state index < -0.39 is 5.97 Å². The number of oxazole rings is 1. The fraction of sp³-hybridized carbons (Fsp3) is 0.0909. The second kappa shape index (κ2) is 4.44. The van der Waals surface area contributed by atoms with Gasteiger partial charge >= 0.3 is 5.97 Å². The maximum Gasteiger partial charge on any atom is 0.358 e. The number of aryl methyl sites for hydroxylation is 1.